The molecule has 1 fully saturated rings. The van der Waals surface area contributed by atoms with E-state index >= 15 is 0 Å². The molecule has 1 N–H and O–H groups in total. The van der Waals surface area contributed by atoms with Crippen LogP contribution in [0.1, 0.15) is 18.0 Å². The van der Waals surface area contributed by atoms with Crippen molar-refractivity contribution in [1.82, 2.24) is 9.47 Å². The summed E-state index contributed by atoms with van der Waals surface area (Å²) >= 11 is 0. The van der Waals surface area contributed by atoms with E-state index in [-0.39, 0.29) is 17.7 Å². The maximum Gasteiger partial charge on any atom is 0.123 e. The fraction of sp³-hybridized carbons (Fsp3) is 0.280. The van der Waals surface area contributed by atoms with Crippen LogP contribution in [0.15, 0.2) is 66.7 Å². The summed E-state index contributed by atoms with van der Waals surface area (Å²) in [4.78, 5) is 2.37. The van der Waals surface area contributed by atoms with Crippen molar-refractivity contribution in [3.05, 3.63) is 83.9 Å². The van der Waals surface area contributed by atoms with E-state index in [1.54, 1.807) is 12.1 Å². The van der Waals surface area contributed by atoms with E-state index < -0.39 is 6.10 Å². The van der Waals surface area contributed by atoms with Crippen LogP contribution in [0.25, 0.3) is 21.8 Å². The molecular weight excluding hydrogens is 382 g/mol. The maximum absolute atomic E-state index is 14.0. The zero-order valence-corrected chi connectivity index (χ0v) is 16.6. The Balaban J connectivity index is 1.51. The van der Waals surface area contributed by atoms with Gasteiger partial charge >= 0.3 is 0 Å². The Kier molecular flexibility index (Phi) is 5.01. The lowest BCUT2D eigenvalue weighted by atomic mass is 10.0. The van der Waals surface area contributed by atoms with E-state index in [1.165, 1.54) is 29.8 Å². The molecule has 3 aromatic carbocycles. The molecule has 3 nitrogen and oxygen atoms in total. The highest BCUT2D eigenvalue weighted by atomic mass is 19.1. The second kappa shape index (κ2) is 7.82. The van der Waals surface area contributed by atoms with Crippen LogP contribution in [-0.2, 0) is 6.42 Å². The molecule has 4 aromatic rings. The molecule has 0 aliphatic carbocycles. The van der Waals surface area contributed by atoms with Crippen LogP contribution in [0.3, 0.4) is 0 Å². The second-order valence-corrected chi connectivity index (χ2v) is 8.15. The average Bonchev–Trinajstić information content (AvgIpc) is 3.06. The number of hydrogen-bond acceptors (Lipinski definition) is 2. The summed E-state index contributed by atoms with van der Waals surface area (Å²) in [6.07, 6.45) is 1.11. The monoisotopic (exact) mass is 406 g/mol. The third kappa shape index (κ3) is 3.48. The van der Waals surface area contributed by atoms with Crippen molar-refractivity contribution in [1.29, 1.82) is 0 Å². The van der Waals surface area contributed by atoms with Gasteiger partial charge < -0.3 is 14.6 Å². The Bertz CT molecular complexity index is 1130. The van der Waals surface area contributed by atoms with Crippen LogP contribution in [0, 0.1) is 11.6 Å². The lowest BCUT2D eigenvalue weighted by Gasteiger charge is -2.37. The van der Waals surface area contributed by atoms with E-state index in [4.69, 9.17) is 0 Å². The molecule has 0 bridgehead atoms. The minimum atomic E-state index is -0.508. The molecule has 0 amide bonds. The van der Waals surface area contributed by atoms with Crippen LogP contribution >= 0.6 is 0 Å². The van der Waals surface area contributed by atoms with Gasteiger partial charge in [0.25, 0.3) is 0 Å². The molecule has 1 aromatic heterocycles. The third-order valence-electron chi connectivity index (χ3n) is 6.25. The summed E-state index contributed by atoms with van der Waals surface area (Å²) in [6.45, 7) is 2.44. The normalized spacial score (nSPS) is 20.2. The first kappa shape index (κ1) is 19.2. The summed E-state index contributed by atoms with van der Waals surface area (Å²) in [5, 5.41) is 12.2. The highest BCUT2D eigenvalue weighted by Gasteiger charge is 2.31. The van der Waals surface area contributed by atoms with E-state index in [9.17, 15) is 13.9 Å². The standard InChI is InChI=1S/C25H24F2N2O/c26-18-6-8-22-20(14-18)21-15-19(27)7-9-23(21)29(22)24-16-28(13-11-25(24)30)12-10-17-4-2-1-3-5-17/h1-9,14-15,24-25,30H,10-13,16H2. The lowest BCUT2D eigenvalue weighted by Crippen LogP contribution is -2.44. The highest BCUT2D eigenvalue weighted by molar-refractivity contribution is 6.08. The number of rotatable bonds is 4. The second-order valence-electron chi connectivity index (χ2n) is 8.15. The zero-order valence-electron chi connectivity index (χ0n) is 16.6. The number of aromatic nitrogens is 1. The van der Waals surface area contributed by atoms with Gasteiger partial charge in [-0.2, -0.15) is 0 Å². The minimum absolute atomic E-state index is 0.176. The Labute approximate surface area is 174 Å². The Hall–Kier alpha value is -2.76. The Morgan fingerprint density at radius 3 is 2.13 bits per heavy atom. The van der Waals surface area contributed by atoms with E-state index in [1.807, 2.05) is 6.07 Å². The van der Waals surface area contributed by atoms with Crippen molar-refractivity contribution in [2.75, 3.05) is 19.6 Å². The Morgan fingerprint density at radius 1 is 0.867 bits per heavy atom. The van der Waals surface area contributed by atoms with Crippen LogP contribution in [-0.4, -0.2) is 40.3 Å². The lowest BCUT2D eigenvalue weighted by molar-refractivity contribution is 0.0365. The van der Waals surface area contributed by atoms with Gasteiger partial charge in [-0.25, -0.2) is 8.78 Å². The van der Waals surface area contributed by atoms with Crippen molar-refractivity contribution in [3.8, 4) is 0 Å². The van der Waals surface area contributed by atoms with Gasteiger partial charge in [0.05, 0.1) is 12.1 Å². The quantitative estimate of drug-likeness (QED) is 0.521. The third-order valence-corrected chi connectivity index (χ3v) is 6.25. The average molecular weight is 406 g/mol. The molecule has 154 valence electrons. The largest absolute Gasteiger partial charge is 0.391 e. The van der Waals surface area contributed by atoms with Crippen LogP contribution < -0.4 is 0 Å². The van der Waals surface area contributed by atoms with Gasteiger partial charge in [0.2, 0.25) is 0 Å². The molecule has 0 radical (unpaired) electrons. The fourth-order valence-corrected chi connectivity index (χ4v) is 4.73. The SMILES string of the molecule is OC1CCN(CCc2ccccc2)CC1n1c2ccc(F)cc2c2cc(F)ccc21. The van der Waals surface area contributed by atoms with Gasteiger partial charge in [0.15, 0.2) is 0 Å². The van der Waals surface area contributed by atoms with Gasteiger partial charge in [-0.1, -0.05) is 30.3 Å². The smallest absolute Gasteiger partial charge is 0.123 e. The van der Waals surface area contributed by atoms with Gasteiger partial charge in [-0.15, -0.1) is 0 Å². The molecular formula is C25H24F2N2O. The number of fused-ring (bicyclic) bond motifs is 3. The molecule has 2 unspecified atom stereocenters. The predicted molar refractivity (Wildman–Crippen MR) is 116 cm³/mol. The van der Waals surface area contributed by atoms with Crippen LogP contribution in [0.2, 0.25) is 0 Å². The van der Waals surface area contributed by atoms with Gasteiger partial charge in [-0.05, 0) is 54.8 Å². The maximum atomic E-state index is 14.0. The number of likely N-dealkylation sites (tertiary alicyclic amines) is 1. The summed E-state index contributed by atoms with van der Waals surface area (Å²) in [7, 11) is 0. The molecule has 1 saturated heterocycles. The number of halogens is 2. The van der Waals surface area contributed by atoms with Crippen molar-refractivity contribution in [2.45, 2.75) is 25.0 Å². The first-order valence-electron chi connectivity index (χ1n) is 10.4. The molecule has 0 spiro atoms. The first-order valence-corrected chi connectivity index (χ1v) is 10.4. The van der Waals surface area contributed by atoms with Crippen LogP contribution in [0.4, 0.5) is 8.78 Å². The number of benzene rings is 3. The summed E-state index contributed by atoms with van der Waals surface area (Å²) in [5.41, 5.74) is 2.94. The van der Waals surface area contributed by atoms with E-state index in [0.29, 0.717) is 23.7 Å². The van der Waals surface area contributed by atoms with Gasteiger partial charge in [0.1, 0.15) is 11.6 Å². The highest BCUT2D eigenvalue weighted by Crippen LogP contribution is 2.36. The molecule has 5 rings (SSSR count). The number of aliphatic hydroxyl groups is 1. The molecule has 2 heterocycles. The van der Waals surface area contributed by atoms with E-state index in [2.05, 4.69) is 33.7 Å². The fourth-order valence-electron chi connectivity index (χ4n) is 4.73. The number of nitrogens with zero attached hydrogens (tertiary/aromatic N) is 2. The molecule has 5 heteroatoms. The predicted octanol–water partition coefficient (Wildman–Crippen LogP) is 4.92. The van der Waals surface area contributed by atoms with Crippen molar-refractivity contribution >= 4 is 21.8 Å². The summed E-state index contributed by atoms with van der Waals surface area (Å²) in [5.74, 6) is -0.695. The first-order chi connectivity index (χ1) is 14.6. The molecule has 1 aliphatic heterocycles. The van der Waals surface area contributed by atoms with Crippen molar-refractivity contribution < 1.29 is 13.9 Å². The zero-order chi connectivity index (χ0) is 20.7. The Morgan fingerprint density at radius 2 is 1.50 bits per heavy atom. The topological polar surface area (TPSA) is 28.4 Å². The van der Waals surface area contributed by atoms with Crippen molar-refractivity contribution in [3.63, 3.8) is 0 Å². The number of aliphatic hydroxyl groups excluding tert-OH is 1. The van der Waals surface area contributed by atoms with Crippen LogP contribution in [0.5, 0.6) is 0 Å². The molecule has 1 aliphatic rings. The van der Waals surface area contributed by atoms with Crippen molar-refractivity contribution in [2.24, 2.45) is 0 Å². The van der Waals surface area contributed by atoms with Gasteiger partial charge in [-0.3, -0.25) is 0 Å². The molecule has 0 saturated carbocycles. The minimum Gasteiger partial charge on any atom is -0.391 e. The number of hydrogen-bond donors (Lipinski definition) is 1. The van der Waals surface area contributed by atoms with Gasteiger partial charge in [0, 0.05) is 41.4 Å². The molecule has 30 heavy (non-hydrogen) atoms. The molecule has 2 atom stereocenters. The summed E-state index contributed by atoms with van der Waals surface area (Å²) in [6, 6.07) is 19.4. The number of piperidine rings is 1. The van der Waals surface area contributed by atoms with E-state index in [0.717, 1.165) is 30.5 Å². The summed E-state index contributed by atoms with van der Waals surface area (Å²) < 4.78 is 30.0.